The van der Waals surface area contributed by atoms with E-state index < -0.39 is 0 Å². The lowest BCUT2D eigenvalue weighted by atomic mass is 9.91. The van der Waals surface area contributed by atoms with Crippen molar-refractivity contribution in [2.24, 2.45) is 5.92 Å². The Bertz CT molecular complexity index is 120. The summed E-state index contributed by atoms with van der Waals surface area (Å²) in [4.78, 5) is 0. The molecule has 0 N–H and O–H groups in total. The number of ether oxygens (including phenoxy) is 2. The molecule has 2 nitrogen and oxygen atoms in total. The highest BCUT2D eigenvalue weighted by Crippen LogP contribution is 2.27. The van der Waals surface area contributed by atoms with Crippen LogP contribution >= 0.6 is 0 Å². The fraction of sp³-hybridized carbons (Fsp3) is 1.00. The molecule has 0 saturated carbocycles. The average Bonchev–Trinajstić information content (AvgIpc) is 2.09. The molecule has 1 rings (SSSR count). The highest BCUT2D eigenvalue weighted by atomic mass is 16.5. The summed E-state index contributed by atoms with van der Waals surface area (Å²) < 4.78 is 11.2. The van der Waals surface area contributed by atoms with E-state index in [1.807, 2.05) is 0 Å². The van der Waals surface area contributed by atoms with E-state index in [9.17, 15) is 0 Å². The summed E-state index contributed by atoms with van der Waals surface area (Å²) in [6.07, 6.45) is 3.19. The van der Waals surface area contributed by atoms with Crippen LogP contribution in [0.25, 0.3) is 0 Å². The molecule has 0 aromatic heterocycles. The SMILES string of the molecule is CCC1OC(C)C(C)CC1OC. The second-order valence-electron chi connectivity index (χ2n) is 3.78. The first kappa shape index (κ1) is 10.0. The highest BCUT2D eigenvalue weighted by molar-refractivity contribution is 4.80. The lowest BCUT2D eigenvalue weighted by molar-refractivity contribution is -0.146. The van der Waals surface area contributed by atoms with Crippen LogP contribution in [0, 0.1) is 5.92 Å². The number of hydrogen-bond donors (Lipinski definition) is 0. The molecule has 1 heterocycles. The minimum Gasteiger partial charge on any atom is -0.379 e. The first-order valence-electron chi connectivity index (χ1n) is 4.87. The third-order valence-electron chi connectivity index (χ3n) is 2.91. The maximum absolute atomic E-state index is 5.83. The largest absolute Gasteiger partial charge is 0.379 e. The van der Waals surface area contributed by atoms with Crippen molar-refractivity contribution in [3.05, 3.63) is 0 Å². The van der Waals surface area contributed by atoms with E-state index in [2.05, 4.69) is 20.8 Å². The van der Waals surface area contributed by atoms with E-state index in [0.717, 1.165) is 12.8 Å². The van der Waals surface area contributed by atoms with Gasteiger partial charge in [0.2, 0.25) is 0 Å². The Hall–Kier alpha value is -0.0800. The predicted molar refractivity (Wildman–Crippen MR) is 49.2 cm³/mol. The Morgan fingerprint density at radius 3 is 2.58 bits per heavy atom. The molecular weight excluding hydrogens is 152 g/mol. The van der Waals surface area contributed by atoms with Gasteiger partial charge in [0.1, 0.15) is 0 Å². The van der Waals surface area contributed by atoms with Crippen LogP contribution in [0.3, 0.4) is 0 Å². The second-order valence-corrected chi connectivity index (χ2v) is 3.78. The molecule has 0 aliphatic carbocycles. The van der Waals surface area contributed by atoms with Gasteiger partial charge in [-0.05, 0) is 25.7 Å². The number of hydrogen-bond acceptors (Lipinski definition) is 2. The van der Waals surface area contributed by atoms with E-state index in [0.29, 0.717) is 24.2 Å². The van der Waals surface area contributed by atoms with Crippen LogP contribution in [0.4, 0.5) is 0 Å². The van der Waals surface area contributed by atoms with Crippen LogP contribution in [0.1, 0.15) is 33.6 Å². The smallest absolute Gasteiger partial charge is 0.0837 e. The van der Waals surface area contributed by atoms with Crippen molar-refractivity contribution in [3.8, 4) is 0 Å². The standard InChI is InChI=1S/C10H20O2/c1-5-9-10(11-4)6-7(2)8(3)12-9/h7-10H,5-6H2,1-4H3. The van der Waals surface area contributed by atoms with Gasteiger partial charge in [0, 0.05) is 7.11 Å². The molecule has 1 aliphatic rings. The summed E-state index contributed by atoms with van der Waals surface area (Å²) >= 11 is 0. The second kappa shape index (κ2) is 4.24. The molecule has 72 valence electrons. The molecule has 0 aromatic carbocycles. The maximum atomic E-state index is 5.83. The van der Waals surface area contributed by atoms with Crippen molar-refractivity contribution in [2.45, 2.75) is 51.9 Å². The van der Waals surface area contributed by atoms with Crippen molar-refractivity contribution in [3.63, 3.8) is 0 Å². The van der Waals surface area contributed by atoms with Crippen molar-refractivity contribution >= 4 is 0 Å². The fourth-order valence-corrected chi connectivity index (χ4v) is 1.81. The van der Waals surface area contributed by atoms with Gasteiger partial charge in [-0.1, -0.05) is 13.8 Å². The molecule has 0 spiro atoms. The van der Waals surface area contributed by atoms with Crippen molar-refractivity contribution in [2.75, 3.05) is 7.11 Å². The summed E-state index contributed by atoms with van der Waals surface area (Å²) in [5, 5.41) is 0. The topological polar surface area (TPSA) is 18.5 Å². The molecule has 0 radical (unpaired) electrons. The number of methoxy groups -OCH3 is 1. The maximum Gasteiger partial charge on any atom is 0.0837 e. The molecule has 4 atom stereocenters. The van der Waals surface area contributed by atoms with Gasteiger partial charge in [-0.15, -0.1) is 0 Å². The van der Waals surface area contributed by atoms with E-state index in [4.69, 9.17) is 9.47 Å². The Morgan fingerprint density at radius 2 is 2.08 bits per heavy atom. The van der Waals surface area contributed by atoms with Crippen LogP contribution in [0.5, 0.6) is 0 Å². The molecule has 0 amide bonds. The van der Waals surface area contributed by atoms with Crippen LogP contribution in [0.15, 0.2) is 0 Å². The van der Waals surface area contributed by atoms with E-state index >= 15 is 0 Å². The van der Waals surface area contributed by atoms with E-state index in [-0.39, 0.29) is 0 Å². The first-order valence-corrected chi connectivity index (χ1v) is 4.87. The summed E-state index contributed by atoms with van der Waals surface area (Å²) in [6.45, 7) is 6.53. The number of rotatable bonds is 2. The molecule has 4 unspecified atom stereocenters. The normalized spacial score (nSPS) is 43.0. The zero-order chi connectivity index (χ0) is 9.14. The van der Waals surface area contributed by atoms with E-state index in [1.54, 1.807) is 7.11 Å². The van der Waals surface area contributed by atoms with Crippen molar-refractivity contribution in [1.29, 1.82) is 0 Å². The summed E-state index contributed by atoms with van der Waals surface area (Å²) in [7, 11) is 1.78. The third kappa shape index (κ3) is 1.99. The van der Waals surface area contributed by atoms with Gasteiger partial charge >= 0.3 is 0 Å². The third-order valence-corrected chi connectivity index (χ3v) is 2.91. The Kier molecular flexibility index (Phi) is 3.53. The van der Waals surface area contributed by atoms with Crippen LogP contribution in [-0.4, -0.2) is 25.4 Å². The van der Waals surface area contributed by atoms with Gasteiger partial charge in [-0.25, -0.2) is 0 Å². The fourth-order valence-electron chi connectivity index (χ4n) is 1.81. The Morgan fingerprint density at radius 1 is 1.42 bits per heavy atom. The summed E-state index contributed by atoms with van der Waals surface area (Å²) in [5.41, 5.74) is 0. The van der Waals surface area contributed by atoms with Crippen LogP contribution in [0.2, 0.25) is 0 Å². The van der Waals surface area contributed by atoms with E-state index in [1.165, 1.54) is 0 Å². The zero-order valence-corrected chi connectivity index (χ0v) is 8.54. The molecule has 0 bridgehead atoms. The Labute approximate surface area is 75.2 Å². The average molecular weight is 172 g/mol. The van der Waals surface area contributed by atoms with Gasteiger partial charge in [0.05, 0.1) is 18.3 Å². The molecule has 0 aromatic rings. The predicted octanol–water partition coefficient (Wildman–Crippen LogP) is 2.22. The van der Waals surface area contributed by atoms with Gasteiger partial charge in [-0.3, -0.25) is 0 Å². The lowest BCUT2D eigenvalue weighted by Gasteiger charge is -2.38. The zero-order valence-electron chi connectivity index (χ0n) is 8.54. The van der Waals surface area contributed by atoms with Gasteiger partial charge in [-0.2, -0.15) is 0 Å². The van der Waals surface area contributed by atoms with Crippen LogP contribution in [-0.2, 0) is 9.47 Å². The molecule has 1 saturated heterocycles. The minimum atomic E-state index is 0.307. The molecule has 12 heavy (non-hydrogen) atoms. The summed E-state index contributed by atoms with van der Waals surface area (Å²) in [6, 6.07) is 0. The van der Waals surface area contributed by atoms with Crippen molar-refractivity contribution < 1.29 is 9.47 Å². The Balaban J connectivity index is 2.52. The van der Waals surface area contributed by atoms with Gasteiger partial charge in [0.25, 0.3) is 0 Å². The van der Waals surface area contributed by atoms with Gasteiger partial charge < -0.3 is 9.47 Å². The molecule has 1 aliphatic heterocycles. The van der Waals surface area contributed by atoms with Crippen LogP contribution < -0.4 is 0 Å². The summed E-state index contributed by atoms with van der Waals surface area (Å²) in [5.74, 6) is 0.623. The quantitative estimate of drug-likeness (QED) is 0.636. The molecule has 2 heteroatoms. The monoisotopic (exact) mass is 172 g/mol. The van der Waals surface area contributed by atoms with Gasteiger partial charge in [0.15, 0.2) is 0 Å². The minimum absolute atomic E-state index is 0.307. The molecule has 1 fully saturated rings. The first-order chi connectivity index (χ1) is 5.69. The van der Waals surface area contributed by atoms with Crippen molar-refractivity contribution in [1.82, 2.24) is 0 Å². The highest BCUT2D eigenvalue weighted by Gasteiger charge is 2.32. The lowest BCUT2D eigenvalue weighted by Crippen LogP contribution is -2.42. The molecular formula is C10H20O2.